The number of fused-ring (bicyclic) bond motifs is 1. The van der Waals surface area contributed by atoms with E-state index < -0.39 is 0 Å². The molecule has 0 fully saturated rings. The van der Waals surface area contributed by atoms with Crippen molar-refractivity contribution in [3.05, 3.63) is 64.6 Å². The van der Waals surface area contributed by atoms with Crippen molar-refractivity contribution in [1.82, 2.24) is 14.5 Å². The topological polar surface area (TPSA) is 146 Å². The normalized spacial score (nSPS) is 11.2. The van der Waals surface area contributed by atoms with Crippen molar-refractivity contribution in [2.45, 2.75) is 26.9 Å². The summed E-state index contributed by atoms with van der Waals surface area (Å²) in [6, 6.07) is 12.9. The number of azo groups is 1. The predicted octanol–water partition coefficient (Wildman–Crippen LogP) is 4.39. The van der Waals surface area contributed by atoms with Gasteiger partial charge in [-0.05, 0) is 55.0 Å². The highest BCUT2D eigenvalue weighted by Crippen LogP contribution is 2.31. The lowest BCUT2D eigenvalue weighted by atomic mass is 10.2. The van der Waals surface area contributed by atoms with Crippen LogP contribution in [0, 0.1) is 0 Å². The first kappa shape index (κ1) is 24.6. The number of nitrogens with two attached hydrogens (primary N) is 1. The molecule has 4 aromatic rings. The largest absolute Gasteiger partial charge is 0.378 e. The third kappa shape index (κ3) is 5.26. The fourth-order valence-corrected chi connectivity index (χ4v) is 3.78. The van der Waals surface area contributed by atoms with E-state index in [4.69, 9.17) is 5.73 Å². The number of carbonyl (C=O) groups is 1. The molecule has 36 heavy (non-hydrogen) atoms. The number of carbonyl (C=O) groups excluding carboxylic acids is 1. The van der Waals surface area contributed by atoms with Crippen molar-refractivity contribution in [1.29, 1.82) is 0 Å². The lowest BCUT2D eigenvalue weighted by Crippen LogP contribution is -2.14. The van der Waals surface area contributed by atoms with Gasteiger partial charge >= 0.3 is 0 Å². The van der Waals surface area contributed by atoms with Crippen molar-refractivity contribution in [2.75, 3.05) is 29.6 Å². The van der Waals surface area contributed by atoms with E-state index in [1.54, 1.807) is 18.2 Å². The Kier molecular flexibility index (Phi) is 7.11. The fraction of sp³-hybridized carbons (Fsp3) is 0.240. The molecule has 2 heterocycles. The zero-order valence-electron chi connectivity index (χ0n) is 20.7. The van der Waals surface area contributed by atoms with Gasteiger partial charge in [0.2, 0.25) is 11.9 Å². The van der Waals surface area contributed by atoms with Gasteiger partial charge in [-0.3, -0.25) is 14.6 Å². The van der Waals surface area contributed by atoms with Crippen LogP contribution in [-0.4, -0.2) is 34.5 Å². The number of amides is 1. The second kappa shape index (κ2) is 10.4. The fourth-order valence-electron chi connectivity index (χ4n) is 3.78. The monoisotopic (exact) mass is 487 g/mol. The molecule has 2 aromatic carbocycles. The van der Waals surface area contributed by atoms with Gasteiger partial charge in [0, 0.05) is 46.0 Å². The number of benzene rings is 2. The van der Waals surface area contributed by atoms with E-state index >= 15 is 0 Å². The number of aryl methyl sites for hydroxylation is 1. The Bertz CT molecular complexity index is 1480. The average molecular weight is 488 g/mol. The van der Waals surface area contributed by atoms with E-state index in [1.807, 2.05) is 60.9 Å². The highest BCUT2D eigenvalue weighted by Gasteiger charge is 2.15. The van der Waals surface area contributed by atoms with Crippen LogP contribution in [0.2, 0.25) is 0 Å². The van der Waals surface area contributed by atoms with E-state index in [1.165, 1.54) is 6.92 Å². The molecule has 0 spiro atoms. The molecular weight excluding hydrogens is 458 g/mol. The molecule has 0 saturated heterocycles. The predicted molar refractivity (Wildman–Crippen MR) is 143 cm³/mol. The molecule has 0 atom stereocenters. The molecule has 0 saturated carbocycles. The van der Waals surface area contributed by atoms with Gasteiger partial charge in [-0.2, -0.15) is 15.2 Å². The first-order chi connectivity index (χ1) is 17.3. The molecule has 11 nitrogen and oxygen atoms in total. The van der Waals surface area contributed by atoms with Crippen LogP contribution in [0.5, 0.6) is 0 Å². The molecule has 11 heteroatoms. The smallest absolute Gasteiger partial charge is 0.262 e. The highest BCUT2D eigenvalue weighted by atomic mass is 16.1. The first-order valence-electron chi connectivity index (χ1n) is 11.5. The highest BCUT2D eigenvalue weighted by molar-refractivity contribution is 5.94. The molecule has 0 bridgehead atoms. The van der Waals surface area contributed by atoms with Gasteiger partial charge in [-0.1, -0.05) is 0 Å². The second-order valence-electron chi connectivity index (χ2n) is 8.40. The zero-order valence-corrected chi connectivity index (χ0v) is 20.7. The van der Waals surface area contributed by atoms with E-state index in [0.717, 1.165) is 11.3 Å². The number of H-pyrrole nitrogens is 1. The van der Waals surface area contributed by atoms with Crippen LogP contribution >= 0.6 is 0 Å². The maximum absolute atomic E-state index is 12.8. The van der Waals surface area contributed by atoms with E-state index in [0.29, 0.717) is 40.3 Å². The quantitative estimate of drug-likeness (QED) is 0.271. The van der Waals surface area contributed by atoms with Gasteiger partial charge in [-0.25, -0.2) is 0 Å². The van der Waals surface area contributed by atoms with Crippen LogP contribution in [0.4, 0.5) is 34.4 Å². The lowest BCUT2D eigenvalue weighted by molar-refractivity contribution is -0.114. The van der Waals surface area contributed by atoms with Gasteiger partial charge in [-0.15, -0.1) is 0 Å². The van der Waals surface area contributed by atoms with Crippen molar-refractivity contribution in [2.24, 2.45) is 16.0 Å². The standard InChI is InChI=1S/C25H29N9O2/c1-5-34-14-16(13-26)22-23(34)29-25(30-24(22)36)28-21-12-18(8-11-20(21)27-15(2)35)32-31-17-6-9-19(10-7-17)33(3)4/h6-12,14H,5,13,26H2,1-4H3,(H,27,35)(H2,28,29,30,36)/b32-31+. The number of rotatable bonds is 8. The minimum atomic E-state index is -0.298. The lowest BCUT2D eigenvalue weighted by Gasteiger charge is -2.13. The number of anilines is 4. The summed E-state index contributed by atoms with van der Waals surface area (Å²) in [6.45, 7) is 4.25. The Morgan fingerprint density at radius 3 is 2.44 bits per heavy atom. The van der Waals surface area contributed by atoms with Crippen LogP contribution < -0.4 is 26.8 Å². The number of nitrogens with zero attached hydrogens (tertiary/aromatic N) is 5. The minimum absolute atomic E-state index is 0.226. The molecule has 0 aliphatic rings. The summed E-state index contributed by atoms with van der Waals surface area (Å²) in [7, 11) is 3.94. The van der Waals surface area contributed by atoms with Gasteiger partial charge in [0.25, 0.3) is 5.56 Å². The van der Waals surface area contributed by atoms with Gasteiger partial charge in [0.15, 0.2) is 0 Å². The summed E-state index contributed by atoms with van der Waals surface area (Å²) in [5.74, 6) is -0.0124. The van der Waals surface area contributed by atoms with E-state index in [-0.39, 0.29) is 24.0 Å². The molecule has 1 amide bonds. The second-order valence-corrected chi connectivity index (χ2v) is 8.40. The summed E-state index contributed by atoms with van der Waals surface area (Å²) in [5, 5.41) is 15.0. The maximum atomic E-state index is 12.8. The Morgan fingerprint density at radius 1 is 1.11 bits per heavy atom. The number of aromatic nitrogens is 3. The van der Waals surface area contributed by atoms with Crippen molar-refractivity contribution < 1.29 is 4.79 Å². The molecule has 4 rings (SSSR count). The molecule has 186 valence electrons. The number of hydrogen-bond donors (Lipinski definition) is 4. The number of nitrogens with one attached hydrogen (secondary N) is 3. The van der Waals surface area contributed by atoms with Gasteiger partial charge in [0.1, 0.15) is 5.65 Å². The summed E-state index contributed by atoms with van der Waals surface area (Å²) in [5.41, 5.74) is 10.1. The van der Waals surface area contributed by atoms with Crippen LogP contribution in [0.1, 0.15) is 19.4 Å². The Balaban J connectivity index is 1.69. The molecule has 5 N–H and O–H groups in total. The summed E-state index contributed by atoms with van der Waals surface area (Å²) in [4.78, 5) is 34.0. The molecule has 0 aliphatic carbocycles. The summed E-state index contributed by atoms with van der Waals surface area (Å²) < 4.78 is 1.87. The van der Waals surface area contributed by atoms with Gasteiger partial charge in [0.05, 0.1) is 28.1 Å². The summed E-state index contributed by atoms with van der Waals surface area (Å²) >= 11 is 0. The number of hydrogen-bond acceptors (Lipinski definition) is 8. The summed E-state index contributed by atoms with van der Waals surface area (Å²) in [6.07, 6.45) is 1.84. The number of aromatic amines is 1. The maximum Gasteiger partial charge on any atom is 0.262 e. The minimum Gasteiger partial charge on any atom is -0.378 e. The first-order valence-corrected chi connectivity index (χ1v) is 11.5. The van der Waals surface area contributed by atoms with Crippen LogP contribution in [0.25, 0.3) is 11.0 Å². The van der Waals surface area contributed by atoms with Gasteiger partial charge < -0.3 is 25.8 Å². The van der Waals surface area contributed by atoms with Crippen molar-refractivity contribution >= 4 is 51.3 Å². The van der Waals surface area contributed by atoms with Crippen molar-refractivity contribution in [3.8, 4) is 0 Å². The Hall–Kier alpha value is -4.51. The molecule has 0 unspecified atom stereocenters. The van der Waals surface area contributed by atoms with Crippen LogP contribution in [0.15, 0.2) is 63.7 Å². The van der Waals surface area contributed by atoms with Crippen LogP contribution in [-0.2, 0) is 17.9 Å². The van der Waals surface area contributed by atoms with E-state index in [2.05, 4.69) is 30.8 Å². The van der Waals surface area contributed by atoms with Crippen molar-refractivity contribution in [3.63, 3.8) is 0 Å². The Morgan fingerprint density at radius 2 is 1.81 bits per heavy atom. The molecular formula is C25H29N9O2. The molecule has 2 aromatic heterocycles. The van der Waals surface area contributed by atoms with E-state index in [9.17, 15) is 9.59 Å². The van der Waals surface area contributed by atoms with Crippen LogP contribution in [0.3, 0.4) is 0 Å². The Labute approximate surface area is 208 Å². The molecule has 0 aliphatic heterocycles. The zero-order chi connectivity index (χ0) is 25.8. The third-order valence-corrected chi connectivity index (χ3v) is 5.58. The third-order valence-electron chi connectivity index (χ3n) is 5.58. The SMILES string of the molecule is CCn1cc(CN)c2c(=O)[nH]c(Nc3cc(/N=N/c4ccc(N(C)C)cc4)ccc3NC(C)=O)nc21. The average Bonchev–Trinajstić information content (AvgIpc) is 3.22. The molecule has 0 radical (unpaired) electrons.